The fraction of sp³-hybridized carbons (Fsp3) is 0.500. The number of nitrogens with one attached hydrogen (secondary N) is 1. The molecule has 2 rings (SSSR count). The van der Waals surface area contributed by atoms with Crippen LogP contribution in [0.1, 0.15) is 28.8 Å². The lowest BCUT2D eigenvalue weighted by molar-refractivity contribution is -0.384. The van der Waals surface area contributed by atoms with E-state index in [0.29, 0.717) is 43.1 Å². The maximum Gasteiger partial charge on any atom is 0.269 e. The summed E-state index contributed by atoms with van der Waals surface area (Å²) in [6.45, 7) is 2.80. The third-order valence-corrected chi connectivity index (χ3v) is 4.26. The van der Waals surface area contributed by atoms with Gasteiger partial charge in [-0.15, -0.1) is 11.6 Å². The Morgan fingerprint density at radius 1 is 1.48 bits per heavy atom. The van der Waals surface area contributed by atoms with E-state index in [2.05, 4.69) is 5.32 Å². The molecular formula is C14H17ClN2O4. The summed E-state index contributed by atoms with van der Waals surface area (Å²) in [6.07, 6.45) is 1.32. The molecule has 0 spiro atoms. The molecule has 7 heteroatoms. The predicted molar refractivity (Wildman–Crippen MR) is 78.8 cm³/mol. The number of benzene rings is 1. The summed E-state index contributed by atoms with van der Waals surface area (Å²) < 4.78 is 5.29. The zero-order chi connectivity index (χ0) is 15.5. The van der Waals surface area contributed by atoms with Crippen molar-refractivity contribution in [2.75, 3.05) is 19.1 Å². The van der Waals surface area contributed by atoms with E-state index in [1.165, 1.54) is 18.2 Å². The summed E-state index contributed by atoms with van der Waals surface area (Å²) in [5.41, 5.74) is 0.503. The van der Waals surface area contributed by atoms with Crippen molar-refractivity contribution in [1.29, 1.82) is 0 Å². The first kappa shape index (κ1) is 15.7. The Morgan fingerprint density at radius 2 is 2.14 bits per heavy atom. The second kappa shape index (κ2) is 6.41. The molecule has 1 fully saturated rings. The third-order valence-electron chi connectivity index (χ3n) is 3.75. The number of aryl methyl sites for hydroxylation is 1. The van der Waals surface area contributed by atoms with E-state index in [1.54, 1.807) is 6.92 Å². The van der Waals surface area contributed by atoms with Crippen LogP contribution in [0, 0.1) is 17.0 Å². The summed E-state index contributed by atoms with van der Waals surface area (Å²) in [4.78, 5) is 22.6. The molecule has 1 saturated heterocycles. The van der Waals surface area contributed by atoms with Crippen molar-refractivity contribution in [2.45, 2.75) is 25.3 Å². The highest BCUT2D eigenvalue weighted by Crippen LogP contribution is 2.24. The van der Waals surface area contributed by atoms with Gasteiger partial charge < -0.3 is 10.1 Å². The normalized spacial score (nSPS) is 17.2. The number of halogens is 1. The minimum atomic E-state index is -0.479. The quantitative estimate of drug-likeness (QED) is 0.526. The van der Waals surface area contributed by atoms with Crippen molar-refractivity contribution in [2.24, 2.45) is 0 Å². The van der Waals surface area contributed by atoms with Crippen LogP contribution < -0.4 is 5.32 Å². The van der Waals surface area contributed by atoms with Gasteiger partial charge in [0.1, 0.15) is 0 Å². The average Bonchev–Trinajstić information content (AvgIpc) is 2.47. The van der Waals surface area contributed by atoms with Crippen LogP contribution in [0.4, 0.5) is 5.69 Å². The molecule has 21 heavy (non-hydrogen) atoms. The van der Waals surface area contributed by atoms with Gasteiger partial charge in [0.2, 0.25) is 0 Å². The van der Waals surface area contributed by atoms with Crippen LogP contribution in [0.15, 0.2) is 18.2 Å². The Hall–Kier alpha value is -1.66. The first-order valence-electron chi connectivity index (χ1n) is 6.69. The van der Waals surface area contributed by atoms with Crippen molar-refractivity contribution in [3.63, 3.8) is 0 Å². The van der Waals surface area contributed by atoms with E-state index >= 15 is 0 Å². The summed E-state index contributed by atoms with van der Waals surface area (Å²) in [6, 6.07) is 4.20. The third kappa shape index (κ3) is 3.51. The van der Waals surface area contributed by atoms with Gasteiger partial charge in [-0.3, -0.25) is 14.9 Å². The molecule has 1 aromatic rings. The van der Waals surface area contributed by atoms with Crippen LogP contribution in [-0.2, 0) is 4.74 Å². The van der Waals surface area contributed by atoms with Crippen molar-refractivity contribution in [1.82, 2.24) is 5.32 Å². The molecule has 0 radical (unpaired) electrons. The van der Waals surface area contributed by atoms with Gasteiger partial charge in [0.25, 0.3) is 11.6 Å². The number of alkyl halides is 1. The molecule has 1 aromatic carbocycles. The molecule has 0 bridgehead atoms. The van der Waals surface area contributed by atoms with Gasteiger partial charge in [0.05, 0.1) is 10.5 Å². The number of hydrogen-bond acceptors (Lipinski definition) is 4. The van der Waals surface area contributed by atoms with E-state index < -0.39 is 10.5 Å². The van der Waals surface area contributed by atoms with E-state index in [-0.39, 0.29) is 11.6 Å². The van der Waals surface area contributed by atoms with E-state index in [0.717, 1.165) is 0 Å². The number of nitro benzene ring substituents is 1. The topological polar surface area (TPSA) is 81.5 Å². The molecule has 0 unspecified atom stereocenters. The van der Waals surface area contributed by atoms with Crippen LogP contribution in [-0.4, -0.2) is 35.5 Å². The fourth-order valence-electron chi connectivity index (χ4n) is 2.38. The highest BCUT2D eigenvalue weighted by Gasteiger charge is 2.34. The predicted octanol–water partition coefficient (Wildman–Crippen LogP) is 2.42. The first-order valence-corrected chi connectivity index (χ1v) is 7.22. The number of carbonyl (C=O) groups is 1. The molecular weight excluding hydrogens is 296 g/mol. The Labute approximate surface area is 127 Å². The van der Waals surface area contributed by atoms with Crippen molar-refractivity contribution >= 4 is 23.2 Å². The zero-order valence-corrected chi connectivity index (χ0v) is 12.5. The van der Waals surface area contributed by atoms with Gasteiger partial charge in [-0.05, 0) is 31.4 Å². The van der Waals surface area contributed by atoms with Gasteiger partial charge in [-0.25, -0.2) is 0 Å². The SMILES string of the molecule is Cc1cc([N+](=O)[O-])ccc1C(=O)NC1(CCl)CCOCC1. The summed E-state index contributed by atoms with van der Waals surface area (Å²) in [5.74, 6) is 0.0543. The number of amides is 1. The van der Waals surface area contributed by atoms with Crippen molar-refractivity contribution in [3.05, 3.63) is 39.4 Å². The maximum atomic E-state index is 12.4. The second-order valence-corrected chi connectivity index (χ2v) is 5.50. The lowest BCUT2D eigenvalue weighted by atomic mass is 9.91. The van der Waals surface area contributed by atoms with Crippen molar-refractivity contribution in [3.8, 4) is 0 Å². The number of non-ortho nitro benzene ring substituents is 1. The standard InChI is InChI=1S/C14H17ClN2O4/c1-10-8-11(17(19)20)2-3-12(10)13(18)16-14(9-15)4-6-21-7-5-14/h2-3,8H,4-7,9H2,1H3,(H,16,18). The average molecular weight is 313 g/mol. The molecule has 6 nitrogen and oxygen atoms in total. The fourth-order valence-corrected chi connectivity index (χ4v) is 2.71. The Morgan fingerprint density at radius 3 is 2.67 bits per heavy atom. The van der Waals surface area contributed by atoms with E-state index in [4.69, 9.17) is 16.3 Å². The molecule has 1 aliphatic heterocycles. The second-order valence-electron chi connectivity index (χ2n) is 5.24. The summed E-state index contributed by atoms with van der Waals surface area (Å²) in [5, 5.41) is 13.7. The Balaban J connectivity index is 2.18. The van der Waals surface area contributed by atoms with E-state index in [1.807, 2.05) is 0 Å². The molecule has 1 heterocycles. The molecule has 0 atom stereocenters. The molecule has 0 saturated carbocycles. The molecule has 0 aliphatic carbocycles. The van der Waals surface area contributed by atoms with Gasteiger partial charge in [-0.1, -0.05) is 0 Å². The minimum Gasteiger partial charge on any atom is -0.381 e. The number of hydrogen-bond donors (Lipinski definition) is 1. The Bertz CT molecular complexity index is 556. The monoisotopic (exact) mass is 312 g/mol. The summed E-state index contributed by atoms with van der Waals surface area (Å²) >= 11 is 6.02. The van der Waals surface area contributed by atoms with Gasteiger partial charge in [0, 0.05) is 36.8 Å². The van der Waals surface area contributed by atoms with Crippen LogP contribution in [0.3, 0.4) is 0 Å². The van der Waals surface area contributed by atoms with Gasteiger partial charge >= 0.3 is 0 Å². The summed E-state index contributed by atoms with van der Waals surface area (Å²) in [7, 11) is 0. The largest absolute Gasteiger partial charge is 0.381 e. The molecule has 0 aromatic heterocycles. The molecule has 114 valence electrons. The highest BCUT2D eigenvalue weighted by atomic mass is 35.5. The van der Waals surface area contributed by atoms with Crippen LogP contribution >= 0.6 is 11.6 Å². The number of ether oxygens (including phenoxy) is 1. The molecule has 1 amide bonds. The van der Waals surface area contributed by atoms with E-state index in [9.17, 15) is 14.9 Å². The van der Waals surface area contributed by atoms with Gasteiger partial charge in [0.15, 0.2) is 0 Å². The smallest absolute Gasteiger partial charge is 0.269 e. The highest BCUT2D eigenvalue weighted by molar-refractivity contribution is 6.19. The number of rotatable bonds is 4. The molecule has 1 aliphatic rings. The lowest BCUT2D eigenvalue weighted by Gasteiger charge is -2.36. The Kier molecular flexibility index (Phi) is 4.80. The minimum absolute atomic E-state index is 0.0258. The molecule has 1 N–H and O–H groups in total. The van der Waals surface area contributed by atoms with Gasteiger partial charge in [-0.2, -0.15) is 0 Å². The lowest BCUT2D eigenvalue weighted by Crippen LogP contribution is -2.53. The number of carbonyl (C=O) groups excluding carboxylic acids is 1. The zero-order valence-electron chi connectivity index (χ0n) is 11.7. The first-order chi connectivity index (χ1) is 9.97. The van der Waals surface area contributed by atoms with Crippen LogP contribution in [0.5, 0.6) is 0 Å². The van der Waals surface area contributed by atoms with Crippen LogP contribution in [0.2, 0.25) is 0 Å². The number of nitro groups is 1. The number of nitrogens with zero attached hydrogens (tertiary/aromatic N) is 1. The van der Waals surface area contributed by atoms with Crippen LogP contribution in [0.25, 0.3) is 0 Å². The maximum absolute atomic E-state index is 12.4. The van der Waals surface area contributed by atoms with Crippen molar-refractivity contribution < 1.29 is 14.5 Å².